The molecule has 0 spiro atoms. The van der Waals surface area contributed by atoms with E-state index < -0.39 is 0 Å². The number of nitrogens with two attached hydrogens (primary N) is 2. The van der Waals surface area contributed by atoms with Crippen LogP contribution in [0.3, 0.4) is 0 Å². The van der Waals surface area contributed by atoms with Gasteiger partial charge in [-0.2, -0.15) is 9.97 Å². The molecule has 1 aromatic rings. The average Bonchev–Trinajstić information content (AvgIpc) is 2.37. The third kappa shape index (κ3) is 2.73. The van der Waals surface area contributed by atoms with Gasteiger partial charge in [0.05, 0.1) is 6.61 Å². The molecular formula is C11H15N5O2. The van der Waals surface area contributed by atoms with Gasteiger partial charge in [-0.05, 0) is 30.4 Å². The van der Waals surface area contributed by atoms with Crippen LogP contribution in [0.15, 0.2) is 17.3 Å². The van der Waals surface area contributed by atoms with Gasteiger partial charge in [0.25, 0.3) is 5.88 Å². The van der Waals surface area contributed by atoms with Gasteiger partial charge < -0.3 is 16.2 Å². The SMILES string of the molecule is Nc1nc(N)c(N=O)c(OCC2CC=CCC2)n1. The third-order valence-corrected chi connectivity index (χ3v) is 2.82. The Morgan fingerprint density at radius 3 is 2.89 bits per heavy atom. The van der Waals surface area contributed by atoms with E-state index in [9.17, 15) is 4.91 Å². The molecule has 1 aliphatic carbocycles. The van der Waals surface area contributed by atoms with Crippen molar-refractivity contribution in [3.63, 3.8) is 0 Å². The van der Waals surface area contributed by atoms with Crippen molar-refractivity contribution in [1.82, 2.24) is 9.97 Å². The molecule has 1 atom stereocenters. The second-order valence-electron chi connectivity index (χ2n) is 4.17. The quantitative estimate of drug-likeness (QED) is 0.620. The summed E-state index contributed by atoms with van der Waals surface area (Å²) in [5.41, 5.74) is 10.9. The summed E-state index contributed by atoms with van der Waals surface area (Å²) in [5.74, 6) is 0.381. The minimum Gasteiger partial charge on any atom is -0.476 e. The fourth-order valence-corrected chi connectivity index (χ4v) is 1.86. The number of anilines is 2. The zero-order chi connectivity index (χ0) is 13.0. The predicted molar refractivity (Wildman–Crippen MR) is 68.3 cm³/mol. The molecule has 0 amide bonds. The maximum Gasteiger partial charge on any atom is 0.250 e. The zero-order valence-corrected chi connectivity index (χ0v) is 9.87. The van der Waals surface area contributed by atoms with E-state index in [0.29, 0.717) is 12.5 Å². The maximum atomic E-state index is 10.7. The first-order valence-corrected chi connectivity index (χ1v) is 5.75. The van der Waals surface area contributed by atoms with Crippen molar-refractivity contribution in [1.29, 1.82) is 0 Å². The van der Waals surface area contributed by atoms with Gasteiger partial charge in [0.1, 0.15) is 0 Å². The lowest BCUT2D eigenvalue weighted by atomic mass is 9.95. The summed E-state index contributed by atoms with van der Waals surface area (Å²) in [6.07, 6.45) is 7.33. The number of allylic oxidation sites excluding steroid dienone is 2. The molecule has 0 saturated heterocycles. The molecule has 2 rings (SSSR count). The lowest BCUT2D eigenvalue weighted by Gasteiger charge is -2.18. The van der Waals surface area contributed by atoms with Crippen molar-refractivity contribution in [3.05, 3.63) is 17.1 Å². The summed E-state index contributed by atoms with van der Waals surface area (Å²) < 4.78 is 5.49. The molecule has 1 heterocycles. The molecule has 7 nitrogen and oxygen atoms in total. The highest BCUT2D eigenvalue weighted by Crippen LogP contribution is 2.31. The Morgan fingerprint density at radius 1 is 1.39 bits per heavy atom. The molecule has 0 aromatic carbocycles. The van der Waals surface area contributed by atoms with E-state index in [-0.39, 0.29) is 23.3 Å². The second-order valence-corrected chi connectivity index (χ2v) is 4.17. The van der Waals surface area contributed by atoms with Gasteiger partial charge in [0, 0.05) is 0 Å². The van der Waals surface area contributed by atoms with Crippen molar-refractivity contribution in [2.75, 3.05) is 18.1 Å². The van der Waals surface area contributed by atoms with Crippen LogP contribution in [0.1, 0.15) is 19.3 Å². The maximum absolute atomic E-state index is 10.7. The minimum absolute atomic E-state index is 0.0292. The molecule has 1 aromatic heterocycles. The highest BCUT2D eigenvalue weighted by Gasteiger charge is 2.16. The molecule has 18 heavy (non-hydrogen) atoms. The molecule has 1 aliphatic rings. The largest absolute Gasteiger partial charge is 0.476 e. The van der Waals surface area contributed by atoms with Crippen LogP contribution in [0.4, 0.5) is 17.5 Å². The monoisotopic (exact) mass is 249 g/mol. The molecule has 0 aliphatic heterocycles. The highest BCUT2D eigenvalue weighted by molar-refractivity contribution is 5.65. The van der Waals surface area contributed by atoms with Crippen molar-refractivity contribution >= 4 is 17.5 Å². The normalized spacial score (nSPS) is 18.6. The van der Waals surface area contributed by atoms with E-state index in [1.54, 1.807) is 0 Å². The first-order valence-electron chi connectivity index (χ1n) is 5.75. The fourth-order valence-electron chi connectivity index (χ4n) is 1.86. The Balaban J connectivity index is 2.08. The van der Waals surface area contributed by atoms with E-state index in [1.807, 2.05) is 0 Å². The summed E-state index contributed by atoms with van der Waals surface area (Å²) in [6, 6.07) is 0. The van der Waals surface area contributed by atoms with Crippen molar-refractivity contribution < 1.29 is 4.74 Å². The van der Waals surface area contributed by atoms with Crippen molar-refractivity contribution in [3.8, 4) is 5.88 Å². The van der Waals surface area contributed by atoms with Crippen LogP contribution in [0.2, 0.25) is 0 Å². The molecule has 0 bridgehead atoms. The van der Waals surface area contributed by atoms with Crippen LogP contribution in [0.5, 0.6) is 5.88 Å². The fraction of sp³-hybridized carbons (Fsp3) is 0.455. The van der Waals surface area contributed by atoms with E-state index in [4.69, 9.17) is 16.2 Å². The van der Waals surface area contributed by atoms with Crippen LogP contribution in [0.25, 0.3) is 0 Å². The number of rotatable bonds is 4. The Kier molecular flexibility index (Phi) is 3.71. The molecular weight excluding hydrogens is 234 g/mol. The van der Waals surface area contributed by atoms with Crippen LogP contribution < -0.4 is 16.2 Å². The van der Waals surface area contributed by atoms with Gasteiger partial charge in [0.15, 0.2) is 5.82 Å². The van der Waals surface area contributed by atoms with Crippen molar-refractivity contribution in [2.45, 2.75) is 19.3 Å². The van der Waals surface area contributed by atoms with Gasteiger partial charge in [-0.3, -0.25) is 0 Å². The molecule has 96 valence electrons. The van der Waals surface area contributed by atoms with E-state index in [2.05, 4.69) is 27.3 Å². The van der Waals surface area contributed by atoms with E-state index >= 15 is 0 Å². The molecule has 0 saturated carbocycles. The van der Waals surface area contributed by atoms with Crippen LogP contribution in [0, 0.1) is 10.8 Å². The molecule has 0 fully saturated rings. The summed E-state index contributed by atoms with van der Waals surface area (Å²) in [5, 5.41) is 2.78. The molecule has 1 unspecified atom stereocenters. The van der Waals surface area contributed by atoms with Gasteiger partial charge in [-0.25, -0.2) is 0 Å². The Morgan fingerprint density at radius 2 is 2.22 bits per heavy atom. The number of nitrogens with zero attached hydrogens (tertiary/aromatic N) is 3. The van der Waals surface area contributed by atoms with E-state index in [0.717, 1.165) is 19.3 Å². The lowest BCUT2D eigenvalue weighted by Crippen LogP contribution is -2.14. The summed E-state index contributed by atoms with van der Waals surface area (Å²) in [7, 11) is 0. The number of ether oxygens (including phenoxy) is 1. The Labute approximate surface area is 104 Å². The predicted octanol–water partition coefficient (Wildman–Crippen LogP) is 1.77. The lowest BCUT2D eigenvalue weighted by molar-refractivity contribution is 0.232. The number of nitroso groups, excluding NO2 is 1. The summed E-state index contributed by atoms with van der Waals surface area (Å²) in [6.45, 7) is 0.461. The average molecular weight is 249 g/mol. The first-order chi connectivity index (χ1) is 8.70. The molecule has 4 N–H and O–H groups in total. The number of aromatic nitrogens is 2. The van der Waals surface area contributed by atoms with Crippen LogP contribution >= 0.6 is 0 Å². The number of hydrogen-bond donors (Lipinski definition) is 2. The van der Waals surface area contributed by atoms with Gasteiger partial charge in [-0.15, -0.1) is 4.91 Å². The Bertz CT molecular complexity index is 475. The smallest absolute Gasteiger partial charge is 0.250 e. The number of hydrogen-bond acceptors (Lipinski definition) is 7. The third-order valence-electron chi connectivity index (χ3n) is 2.82. The minimum atomic E-state index is -0.0875. The second kappa shape index (κ2) is 5.44. The van der Waals surface area contributed by atoms with Gasteiger partial charge >= 0.3 is 0 Å². The van der Waals surface area contributed by atoms with Crippen LogP contribution in [-0.2, 0) is 0 Å². The zero-order valence-electron chi connectivity index (χ0n) is 9.87. The standard InChI is InChI=1S/C11H15N5O2/c12-9-8(16-17)10(15-11(13)14-9)18-6-7-4-2-1-3-5-7/h1-2,7H,3-6H2,(H4,12,13,14,15). The van der Waals surface area contributed by atoms with Crippen molar-refractivity contribution in [2.24, 2.45) is 11.1 Å². The molecule has 7 heteroatoms. The van der Waals surface area contributed by atoms with Crippen LogP contribution in [-0.4, -0.2) is 16.6 Å². The van der Waals surface area contributed by atoms with E-state index in [1.165, 1.54) is 0 Å². The van der Waals surface area contributed by atoms with Gasteiger partial charge in [0.2, 0.25) is 11.6 Å². The summed E-state index contributed by atoms with van der Waals surface area (Å²) >= 11 is 0. The van der Waals surface area contributed by atoms with Gasteiger partial charge in [-0.1, -0.05) is 12.2 Å². The topological polar surface area (TPSA) is 116 Å². The highest BCUT2D eigenvalue weighted by atomic mass is 16.5. The summed E-state index contributed by atoms with van der Waals surface area (Å²) in [4.78, 5) is 18.2. The Hall–Kier alpha value is -2.18. The molecule has 0 radical (unpaired) electrons. The first kappa shape index (κ1) is 12.3. The number of nitrogen functional groups attached to an aromatic ring is 2.